The van der Waals surface area contributed by atoms with E-state index in [4.69, 9.17) is 9.84 Å². The van der Waals surface area contributed by atoms with E-state index in [2.05, 4.69) is 4.98 Å². The minimum Gasteiger partial charge on any atom is -0.487 e. The predicted molar refractivity (Wildman–Crippen MR) is 76.4 cm³/mol. The lowest BCUT2D eigenvalue weighted by Crippen LogP contribution is -1.99. The van der Waals surface area contributed by atoms with E-state index in [-0.39, 0.29) is 0 Å². The van der Waals surface area contributed by atoms with Crippen molar-refractivity contribution in [2.75, 3.05) is 0 Å². The minimum absolute atomic E-state index is 0.480. The third-order valence-electron chi connectivity index (χ3n) is 2.69. The van der Waals surface area contributed by atoms with Crippen molar-refractivity contribution in [3.63, 3.8) is 0 Å². The molecule has 0 unspecified atom stereocenters. The summed E-state index contributed by atoms with van der Waals surface area (Å²) in [5.74, 6) is -0.296. The highest BCUT2D eigenvalue weighted by molar-refractivity contribution is 5.84. The van der Waals surface area contributed by atoms with Crippen LogP contribution in [-0.2, 0) is 11.4 Å². The summed E-state index contributed by atoms with van der Waals surface area (Å²) in [6.07, 6.45) is 2.52. The average Bonchev–Trinajstić information content (AvgIpc) is 2.45. The minimum atomic E-state index is -0.992. The normalized spacial score (nSPS) is 10.7. The molecule has 2 rings (SSSR count). The average molecular weight is 269 g/mol. The van der Waals surface area contributed by atoms with Gasteiger partial charge in [0.2, 0.25) is 0 Å². The second-order valence-electron chi connectivity index (χ2n) is 4.27. The molecular formula is C16H15NO3. The maximum atomic E-state index is 10.4. The molecule has 0 fully saturated rings. The van der Waals surface area contributed by atoms with Gasteiger partial charge >= 0.3 is 5.97 Å². The van der Waals surface area contributed by atoms with Gasteiger partial charge in [-0.1, -0.05) is 30.3 Å². The van der Waals surface area contributed by atoms with Gasteiger partial charge in [0, 0.05) is 6.08 Å². The number of aliphatic carboxylic acids is 1. The summed E-state index contributed by atoms with van der Waals surface area (Å²) in [4.78, 5) is 14.7. The highest BCUT2D eigenvalue weighted by atomic mass is 16.5. The van der Waals surface area contributed by atoms with Crippen LogP contribution in [0.5, 0.6) is 5.75 Å². The Kier molecular flexibility index (Phi) is 4.50. The number of hydrogen-bond acceptors (Lipinski definition) is 3. The largest absolute Gasteiger partial charge is 0.487 e. The molecular weight excluding hydrogens is 254 g/mol. The van der Waals surface area contributed by atoms with Crippen LogP contribution in [0, 0.1) is 6.92 Å². The summed E-state index contributed by atoms with van der Waals surface area (Å²) in [5.41, 5.74) is 2.41. The maximum absolute atomic E-state index is 10.4. The van der Waals surface area contributed by atoms with Crippen LogP contribution in [0.15, 0.2) is 48.5 Å². The summed E-state index contributed by atoms with van der Waals surface area (Å²) in [6.45, 7) is 2.31. The molecule has 2 aromatic rings. The monoisotopic (exact) mass is 269 g/mol. The van der Waals surface area contributed by atoms with Crippen LogP contribution in [0.3, 0.4) is 0 Å². The molecule has 1 heterocycles. The Morgan fingerprint density at radius 1 is 1.25 bits per heavy atom. The molecule has 0 aliphatic heterocycles. The summed E-state index contributed by atoms with van der Waals surface area (Å²) < 4.78 is 5.70. The number of carboxylic acid groups (broad SMARTS) is 1. The number of pyridine rings is 1. The van der Waals surface area contributed by atoms with Crippen LogP contribution in [-0.4, -0.2) is 16.1 Å². The molecule has 0 aliphatic rings. The Labute approximate surface area is 117 Å². The van der Waals surface area contributed by atoms with Crippen LogP contribution >= 0.6 is 0 Å². The van der Waals surface area contributed by atoms with Gasteiger partial charge in [-0.3, -0.25) is 0 Å². The first-order valence-electron chi connectivity index (χ1n) is 6.20. The van der Waals surface area contributed by atoms with Gasteiger partial charge in [-0.2, -0.15) is 0 Å². The maximum Gasteiger partial charge on any atom is 0.328 e. The first kappa shape index (κ1) is 13.8. The van der Waals surface area contributed by atoms with E-state index in [1.165, 1.54) is 6.08 Å². The van der Waals surface area contributed by atoms with E-state index in [0.29, 0.717) is 18.1 Å². The van der Waals surface area contributed by atoms with Crippen molar-refractivity contribution >= 4 is 12.0 Å². The van der Waals surface area contributed by atoms with Gasteiger partial charge < -0.3 is 9.84 Å². The Bertz CT molecular complexity index is 621. The molecule has 1 N–H and O–H groups in total. The molecule has 0 saturated heterocycles. The van der Waals surface area contributed by atoms with E-state index in [0.717, 1.165) is 17.3 Å². The van der Waals surface area contributed by atoms with Crippen molar-refractivity contribution in [2.45, 2.75) is 13.5 Å². The Morgan fingerprint density at radius 3 is 2.65 bits per heavy atom. The molecule has 0 atom stereocenters. The third-order valence-corrected chi connectivity index (χ3v) is 2.69. The number of carbonyl (C=O) groups is 1. The molecule has 4 heteroatoms. The van der Waals surface area contributed by atoms with Crippen LogP contribution < -0.4 is 4.74 Å². The zero-order valence-electron chi connectivity index (χ0n) is 11.1. The van der Waals surface area contributed by atoms with E-state index >= 15 is 0 Å². The molecule has 0 bridgehead atoms. The molecule has 0 aliphatic carbocycles. The molecule has 1 aromatic carbocycles. The smallest absolute Gasteiger partial charge is 0.328 e. The number of aromatic nitrogens is 1. The van der Waals surface area contributed by atoms with Crippen molar-refractivity contribution in [2.24, 2.45) is 0 Å². The Morgan fingerprint density at radius 2 is 2.00 bits per heavy atom. The molecule has 102 valence electrons. The Balaban J connectivity index is 2.04. The molecule has 0 radical (unpaired) electrons. The van der Waals surface area contributed by atoms with Crippen molar-refractivity contribution in [1.82, 2.24) is 4.98 Å². The predicted octanol–water partition coefficient (Wildman–Crippen LogP) is 3.07. The number of rotatable bonds is 5. The van der Waals surface area contributed by atoms with E-state index in [9.17, 15) is 4.79 Å². The van der Waals surface area contributed by atoms with Gasteiger partial charge in [-0.15, -0.1) is 0 Å². The summed E-state index contributed by atoms with van der Waals surface area (Å²) in [6, 6.07) is 13.4. The Hall–Kier alpha value is -2.62. The topological polar surface area (TPSA) is 59.4 Å². The zero-order chi connectivity index (χ0) is 14.4. The highest BCUT2D eigenvalue weighted by Gasteiger charge is 2.02. The molecule has 20 heavy (non-hydrogen) atoms. The molecule has 1 aromatic heterocycles. The summed E-state index contributed by atoms with van der Waals surface area (Å²) >= 11 is 0. The molecule has 0 saturated carbocycles. The highest BCUT2D eigenvalue weighted by Crippen LogP contribution is 2.18. The number of benzene rings is 1. The summed E-state index contributed by atoms with van der Waals surface area (Å²) in [5, 5.41) is 8.57. The molecule has 4 nitrogen and oxygen atoms in total. The number of nitrogens with zero attached hydrogens (tertiary/aromatic N) is 1. The molecule has 0 amide bonds. The van der Waals surface area contributed by atoms with E-state index < -0.39 is 5.97 Å². The van der Waals surface area contributed by atoms with Gasteiger partial charge in [-0.05, 0) is 30.7 Å². The van der Waals surface area contributed by atoms with Crippen LogP contribution in [0.1, 0.15) is 17.0 Å². The quantitative estimate of drug-likeness (QED) is 0.847. The number of carboxylic acids is 1. The van der Waals surface area contributed by atoms with Gasteiger partial charge in [0.15, 0.2) is 0 Å². The number of aryl methyl sites for hydroxylation is 1. The van der Waals surface area contributed by atoms with Gasteiger partial charge in [0.25, 0.3) is 0 Å². The standard InChI is InChI=1S/C16H15NO3/c1-12-15(20-11-13-5-3-2-4-6-13)9-7-14(17-12)8-10-16(18)19/h2-10H,11H2,1H3,(H,18,19)/b10-8+. The SMILES string of the molecule is Cc1nc(/C=C/C(=O)O)ccc1OCc1ccccc1. The van der Waals surface area contributed by atoms with Crippen LogP contribution in [0.4, 0.5) is 0 Å². The lowest BCUT2D eigenvalue weighted by Gasteiger charge is -2.09. The van der Waals surface area contributed by atoms with Gasteiger partial charge in [0.05, 0.1) is 11.4 Å². The number of ether oxygens (including phenoxy) is 1. The lowest BCUT2D eigenvalue weighted by molar-refractivity contribution is -0.131. The van der Waals surface area contributed by atoms with Crippen LogP contribution in [0.25, 0.3) is 6.08 Å². The van der Waals surface area contributed by atoms with Crippen molar-refractivity contribution in [3.8, 4) is 5.75 Å². The van der Waals surface area contributed by atoms with Crippen molar-refractivity contribution in [3.05, 3.63) is 65.5 Å². The zero-order valence-corrected chi connectivity index (χ0v) is 11.1. The fraction of sp³-hybridized carbons (Fsp3) is 0.125. The van der Waals surface area contributed by atoms with Gasteiger partial charge in [0.1, 0.15) is 12.4 Å². The van der Waals surface area contributed by atoms with E-state index in [1.807, 2.05) is 37.3 Å². The first-order chi connectivity index (χ1) is 9.65. The van der Waals surface area contributed by atoms with E-state index in [1.54, 1.807) is 12.1 Å². The second kappa shape index (κ2) is 6.52. The summed E-state index contributed by atoms with van der Waals surface area (Å²) in [7, 11) is 0. The fourth-order valence-electron chi connectivity index (χ4n) is 1.71. The molecule has 0 spiro atoms. The third kappa shape index (κ3) is 3.95. The van der Waals surface area contributed by atoms with Crippen molar-refractivity contribution < 1.29 is 14.6 Å². The number of hydrogen-bond donors (Lipinski definition) is 1. The van der Waals surface area contributed by atoms with Gasteiger partial charge in [-0.25, -0.2) is 9.78 Å². The first-order valence-corrected chi connectivity index (χ1v) is 6.20. The lowest BCUT2D eigenvalue weighted by atomic mass is 10.2. The fourth-order valence-corrected chi connectivity index (χ4v) is 1.71. The van der Waals surface area contributed by atoms with Crippen LogP contribution in [0.2, 0.25) is 0 Å². The second-order valence-corrected chi connectivity index (χ2v) is 4.27. The van der Waals surface area contributed by atoms with Crippen molar-refractivity contribution in [1.29, 1.82) is 0 Å².